The SMILES string of the molecule is CC/C(=C/CNCc1cc(C)c(F)c(C)c1)C(=O)OC. The number of aryl methyl sites for hydroxylation is 2. The summed E-state index contributed by atoms with van der Waals surface area (Å²) < 4.78 is 18.2. The number of methoxy groups -OCH3 is 1. The molecule has 0 spiro atoms. The molecule has 1 N–H and O–H groups in total. The zero-order chi connectivity index (χ0) is 15.1. The fourth-order valence-electron chi connectivity index (χ4n) is 2.05. The smallest absolute Gasteiger partial charge is 0.333 e. The van der Waals surface area contributed by atoms with Crippen LogP contribution in [-0.4, -0.2) is 19.6 Å². The Bertz CT molecular complexity index is 486. The maximum absolute atomic E-state index is 13.5. The minimum Gasteiger partial charge on any atom is -0.466 e. The predicted molar refractivity (Wildman–Crippen MR) is 78.0 cm³/mol. The lowest BCUT2D eigenvalue weighted by Crippen LogP contribution is -2.15. The quantitative estimate of drug-likeness (QED) is 0.494. The average molecular weight is 279 g/mol. The Morgan fingerprint density at radius 2 is 1.95 bits per heavy atom. The molecule has 0 saturated carbocycles. The third-order valence-electron chi connectivity index (χ3n) is 3.15. The number of carbonyl (C=O) groups excluding carboxylic acids is 1. The standard InChI is InChI=1S/C16H22FNO2/c1-5-14(16(19)20-4)6-7-18-10-13-8-11(2)15(17)12(3)9-13/h6,8-9,18H,5,7,10H2,1-4H3/b14-6-. The van der Waals surface area contributed by atoms with Crippen LogP contribution < -0.4 is 5.32 Å². The first-order valence-electron chi connectivity index (χ1n) is 6.73. The molecule has 0 saturated heterocycles. The molecule has 1 aromatic rings. The molecule has 110 valence electrons. The van der Waals surface area contributed by atoms with Crippen molar-refractivity contribution < 1.29 is 13.9 Å². The van der Waals surface area contributed by atoms with Crippen molar-refractivity contribution in [1.82, 2.24) is 5.32 Å². The number of ether oxygens (including phenoxy) is 1. The van der Waals surface area contributed by atoms with Gasteiger partial charge in [0.15, 0.2) is 0 Å². The fourth-order valence-corrected chi connectivity index (χ4v) is 2.05. The van der Waals surface area contributed by atoms with Crippen molar-refractivity contribution in [3.05, 3.63) is 46.3 Å². The zero-order valence-electron chi connectivity index (χ0n) is 12.5. The number of nitrogens with one attached hydrogen (secondary N) is 1. The molecule has 1 aromatic carbocycles. The Labute approximate surface area is 119 Å². The summed E-state index contributed by atoms with van der Waals surface area (Å²) in [7, 11) is 1.38. The van der Waals surface area contributed by atoms with Gasteiger partial charge < -0.3 is 10.1 Å². The highest BCUT2D eigenvalue weighted by Crippen LogP contribution is 2.14. The molecule has 0 heterocycles. The lowest BCUT2D eigenvalue weighted by molar-refractivity contribution is -0.136. The number of rotatable bonds is 6. The Kier molecular flexibility index (Phi) is 6.39. The van der Waals surface area contributed by atoms with Gasteiger partial charge in [0.05, 0.1) is 7.11 Å². The molecule has 0 amide bonds. The fraction of sp³-hybridized carbons (Fsp3) is 0.438. The summed E-state index contributed by atoms with van der Waals surface area (Å²) in [6.07, 6.45) is 2.47. The Hall–Kier alpha value is -1.68. The van der Waals surface area contributed by atoms with Gasteiger partial charge in [-0.1, -0.05) is 25.1 Å². The maximum Gasteiger partial charge on any atom is 0.333 e. The van der Waals surface area contributed by atoms with E-state index in [1.807, 2.05) is 25.1 Å². The summed E-state index contributed by atoms with van der Waals surface area (Å²) in [5.74, 6) is -0.435. The predicted octanol–water partition coefficient (Wildman–Crippen LogP) is 3.04. The zero-order valence-corrected chi connectivity index (χ0v) is 12.5. The molecule has 0 aliphatic carbocycles. The van der Waals surface area contributed by atoms with Crippen molar-refractivity contribution in [2.24, 2.45) is 0 Å². The van der Waals surface area contributed by atoms with Crippen LogP contribution >= 0.6 is 0 Å². The topological polar surface area (TPSA) is 38.3 Å². The van der Waals surface area contributed by atoms with Gasteiger partial charge in [-0.3, -0.25) is 0 Å². The molecule has 20 heavy (non-hydrogen) atoms. The number of hydrogen-bond acceptors (Lipinski definition) is 3. The molecule has 0 aliphatic rings. The van der Waals surface area contributed by atoms with Crippen molar-refractivity contribution in [2.45, 2.75) is 33.7 Å². The van der Waals surface area contributed by atoms with Crippen LogP contribution in [0.3, 0.4) is 0 Å². The largest absolute Gasteiger partial charge is 0.466 e. The number of hydrogen-bond donors (Lipinski definition) is 1. The second-order valence-corrected chi connectivity index (χ2v) is 4.75. The summed E-state index contributed by atoms with van der Waals surface area (Å²) >= 11 is 0. The molecule has 1 rings (SSSR count). The van der Waals surface area contributed by atoms with E-state index in [0.717, 1.165) is 5.56 Å². The highest BCUT2D eigenvalue weighted by molar-refractivity contribution is 5.88. The van der Waals surface area contributed by atoms with Gasteiger partial charge in [-0.15, -0.1) is 0 Å². The number of esters is 1. The molecule has 3 nitrogen and oxygen atoms in total. The molecule has 0 aliphatic heterocycles. The normalized spacial score (nSPS) is 11.6. The van der Waals surface area contributed by atoms with Crippen LogP contribution in [0.1, 0.15) is 30.0 Å². The Morgan fingerprint density at radius 1 is 1.35 bits per heavy atom. The lowest BCUT2D eigenvalue weighted by Gasteiger charge is -2.08. The summed E-state index contributed by atoms with van der Waals surface area (Å²) in [4.78, 5) is 11.4. The van der Waals surface area contributed by atoms with Crippen LogP contribution in [0, 0.1) is 19.7 Å². The number of halogens is 1. The van der Waals surface area contributed by atoms with E-state index in [1.165, 1.54) is 7.11 Å². The summed E-state index contributed by atoms with van der Waals surface area (Å²) in [5.41, 5.74) is 3.00. The van der Waals surface area contributed by atoms with Gasteiger partial charge in [0, 0.05) is 18.7 Å². The van der Waals surface area contributed by atoms with Crippen LogP contribution in [0.2, 0.25) is 0 Å². The van der Waals surface area contributed by atoms with Crippen LogP contribution in [0.25, 0.3) is 0 Å². The summed E-state index contributed by atoms with van der Waals surface area (Å²) in [6.45, 7) is 6.65. The van der Waals surface area contributed by atoms with Gasteiger partial charge in [0.1, 0.15) is 5.82 Å². The number of benzene rings is 1. The van der Waals surface area contributed by atoms with E-state index >= 15 is 0 Å². The van der Waals surface area contributed by atoms with E-state index < -0.39 is 0 Å². The van der Waals surface area contributed by atoms with Crippen molar-refractivity contribution in [3.8, 4) is 0 Å². The van der Waals surface area contributed by atoms with E-state index in [1.54, 1.807) is 13.8 Å². The monoisotopic (exact) mass is 279 g/mol. The second kappa shape index (κ2) is 7.80. The minimum absolute atomic E-state index is 0.146. The highest BCUT2D eigenvalue weighted by atomic mass is 19.1. The molecule has 0 radical (unpaired) electrons. The summed E-state index contributed by atoms with van der Waals surface area (Å²) in [5, 5.41) is 3.21. The van der Waals surface area contributed by atoms with Crippen LogP contribution in [0.5, 0.6) is 0 Å². The molecule has 4 heteroatoms. The average Bonchev–Trinajstić information content (AvgIpc) is 2.44. The van der Waals surface area contributed by atoms with Crippen molar-refractivity contribution in [1.29, 1.82) is 0 Å². The molecule has 0 aromatic heterocycles. The molecular formula is C16H22FNO2. The van der Waals surface area contributed by atoms with E-state index in [0.29, 0.717) is 36.2 Å². The van der Waals surface area contributed by atoms with Crippen molar-refractivity contribution in [3.63, 3.8) is 0 Å². The highest BCUT2D eigenvalue weighted by Gasteiger charge is 2.06. The first kappa shape index (κ1) is 16.4. The third-order valence-corrected chi connectivity index (χ3v) is 3.15. The van der Waals surface area contributed by atoms with Gasteiger partial charge in [-0.2, -0.15) is 0 Å². The van der Waals surface area contributed by atoms with E-state index in [-0.39, 0.29) is 11.8 Å². The van der Waals surface area contributed by atoms with Gasteiger partial charge in [-0.25, -0.2) is 9.18 Å². The van der Waals surface area contributed by atoms with Gasteiger partial charge in [-0.05, 0) is 37.0 Å². The lowest BCUT2D eigenvalue weighted by atomic mass is 10.1. The third kappa shape index (κ3) is 4.46. The first-order chi connectivity index (χ1) is 9.49. The Morgan fingerprint density at radius 3 is 2.45 bits per heavy atom. The maximum atomic E-state index is 13.5. The molecule has 0 unspecified atom stereocenters. The first-order valence-corrected chi connectivity index (χ1v) is 6.73. The second-order valence-electron chi connectivity index (χ2n) is 4.75. The number of carbonyl (C=O) groups is 1. The molecule has 0 fully saturated rings. The van der Waals surface area contributed by atoms with Gasteiger partial charge in [0.2, 0.25) is 0 Å². The van der Waals surface area contributed by atoms with Crippen molar-refractivity contribution >= 4 is 5.97 Å². The summed E-state index contributed by atoms with van der Waals surface area (Å²) in [6, 6.07) is 3.67. The van der Waals surface area contributed by atoms with Crippen LogP contribution in [-0.2, 0) is 16.1 Å². The van der Waals surface area contributed by atoms with E-state index in [2.05, 4.69) is 10.1 Å². The molecule has 0 atom stereocenters. The minimum atomic E-state index is -0.289. The van der Waals surface area contributed by atoms with Crippen molar-refractivity contribution in [2.75, 3.05) is 13.7 Å². The van der Waals surface area contributed by atoms with E-state index in [9.17, 15) is 9.18 Å². The molecule has 0 bridgehead atoms. The van der Waals surface area contributed by atoms with Crippen LogP contribution in [0.4, 0.5) is 4.39 Å². The van der Waals surface area contributed by atoms with E-state index in [4.69, 9.17) is 0 Å². The van der Waals surface area contributed by atoms with Crippen LogP contribution in [0.15, 0.2) is 23.8 Å². The van der Waals surface area contributed by atoms with Gasteiger partial charge in [0.25, 0.3) is 0 Å². The Balaban J connectivity index is 2.57. The van der Waals surface area contributed by atoms with Gasteiger partial charge >= 0.3 is 5.97 Å². The molecular weight excluding hydrogens is 257 g/mol.